The zero-order chi connectivity index (χ0) is 17.5. The summed E-state index contributed by atoms with van der Waals surface area (Å²) in [4.78, 5) is 23.0. The maximum atomic E-state index is 12.3. The Morgan fingerprint density at radius 1 is 1.17 bits per heavy atom. The van der Waals surface area contributed by atoms with Gasteiger partial charge < -0.3 is 15.8 Å². The number of nitrogens with two attached hydrogens (primary N) is 1. The van der Waals surface area contributed by atoms with Crippen LogP contribution in [0, 0.1) is 0 Å². The standard InChI is InChI=1S/C17H19N3O4/c1-12(11-19-17(18)22)20(23)16(21)13-6-5-9-15(10-13)24-14-7-3-2-4-8-14/h2-10,12,23H,11H2,1H3,(H3,18,19,22)/t12-/m1/s1. The molecular formula is C17H19N3O4. The quantitative estimate of drug-likeness (QED) is 0.559. The van der Waals surface area contributed by atoms with E-state index in [1.165, 1.54) is 6.07 Å². The largest absolute Gasteiger partial charge is 0.457 e. The lowest BCUT2D eigenvalue weighted by molar-refractivity contribution is -0.0826. The molecule has 0 aliphatic heterocycles. The number of hydrogen-bond donors (Lipinski definition) is 3. The predicted molar refractivity (Wildman–Crippen MR) is 88.0 cm³/mol. The lowest BCUT2D eigenvalue weighted by Crippen LogP contribution is -2.44. The van der Waals surface area contributed by atoms with Crippen molar-refractivity contribution in [1.29, 1.82) is 0 Å². The van der Waals surface area contributed by atoms with E-state index in [0.717, 1.165) is 0 Å². The van der Waals surface area contributed by atoms with Crippen LogP contribution in [0.3, 0.4) is 0 Å². The molecule has 1 atom stereocenters. The van der Waals surface area contributed by atoms with E-state index < -0.39 is 18.0 Å². The molecule has 0 fully saturated rings. The number of carbonyl (C=O) groups excluding carboxylic acids is 2. The van der Waals surface area contributed by atoms with E-state index in [0.29, 0.717) is 16.6 Å². The number of primary amides is 1. The van der Waals surface area contributed by atoms with Gasteiger partial charge in [0, 0.05) is 12.1 Å². The van der Waals surface area contributed by atoms with Crippen molar-refractivity contribution >= 4 is 11.9 Å². The number of hydroxylamine groups is 2. The molecule has 7 nitrogen and oxygen atoms in total. The Hall–Kier alpha value is -3.06. The summed E-state index contributed by atoms with van der Waals surface area (Å²) in [6.45, 7) is 1.62. The second-order valence-electron chi connectivity index (χ2n) is 5.19. The zero-order valence-electron chi connectivity index (χ0n) is 13.2. The van der Waals surface area contributed by atoms with Crippen LogP contribution in [0.4, 0.5) is 4.79 Å². The van der Waals surface area contributed by atoms with Crippen LogP contribution >= 0.6 is 0 Å². The van der Waals surface area contributed by atoms with E-state index in [-0.39, 0.29) is 12.1 Å². The second-order valence-corrected chi connectivity index (χ2v) is 5.19. The molecule has 24 heavy (non-hydrogen) atoms. The molecule has 0 aliphatic rings. The third kappa shape index (κ3) is 4.72. The van der Waals surface area contributed by atoms with Gasteiger partial charge in [-0.15, -0.1) is 0 Å². The normalized spacial score (nSPS) is 11.4. The van der Waals surface area contributed by atoms with Crippen LogP contribution in [0.5, 0.6) is 11.5 Å². The van der Waals surface area contributed by atoms with Crippen molar-refractivity contribution < 1.29 is 19.5 Å². The fraction of sp³-hybridized carbons (Fsp3) is 0.176. The molecule has 2 aromatic rings. The van der Waals surface area contributed by atoms with E-state index in [9.17, 15) is 14.8 Å². The fourth-order valence-electron chi connectivity index (χ4n) is 1.98. The van der Waals surface area contributed by atoms with Crippen molar-refractivity contribution in [2.24, 2.45) is 5.73 Å². The first-order valence-electron chi connectivity index (χ1n) is 7.36. The van der Waals surface area contributed by atoms with Gasteiger partial charge in [-0.25, -0.2) is 9.86 Å². The molecule has 0 bridgehead atoms. The highest BCUT2D eigenvalue weighted by Crippen LogP contribution is 2.22. The number of para-hydroxylation sites is 1. The molecule has 2 aromatic carbocycles. The van der Waals surface area contributed by atoms with Gasteiger partial charge in [0.05, 0.1) is 6.04 Å². The minimum atomic E-state index is -0.721. The number of carbonyl (C=O) groups is 2. The van der Waals surface area contributed by atoms with Gasteiger partial charge in [-0.1, -0.05) is 24.3 Å². The van der Waals surface area contributed by atoms with E-state index in [1.54, 1.807) is 37.3 Å². The van der Waals surface area contributed by atoms with Gasteiger partial charge in [0.1, 0.15) is 11.5 Å². The molecule has 2 rings (SSSR count). The summed E-state index contributed by atoms with van der Waals surface area (Å²) < 4.78 is 5.66. The number of nitrogens with one attached hydrogen (secondary N) is 1. The van der Waals surface area contributed by atoms with Crippen molar-refractivity contribution in [3.8, 4) is 11.5 Å². The average Bonchev–Trinajstić information content (AvgIpc) is 2.59. The molecular weight excluding hydrogens is 310 g/mol. The molecule has 0 aromatic heterocycles. The van der Waals surface area contributed by atoms with Crippen molar-refractivity contribution in [3.63, 3.8) is 0 Å². The Kier molecular flexibility index (Phi) is 5.75. The van der Waals surface area contributed by atoms with Crippen molar-refractivity contribution in [3.05, 3.63) is 60.2 Å². The Labute approximate surface area is 139 Å². The molecule has 0 radical (unpaired) electrons. The number of benzene rings is 2. The van der Waals surface area contributed by atoms with Crippen molar-refractivity contribution in [2.75, 3.05) is 6.54 Å². The molecule has 4 N–H and O–H groups in total. The van der Waals surface area contributed by atoms with Gasteiger partial charge in [-0.2, -0.15) is 0 Å². The first kappa shape index (κ1) is 17.3. The Balaban J connectivity index is 2.06. The first-order valence-corrected chi connectivity index (χ1v) is 7.36. The van der Waals surface area contributed by atoms with Gasteiger partial charge in [0.25, 0.3) is 5.91 Å². The number of nitrogens with zero attached hydrogens (tertiary/aromatic N) is 1. The molecule has 0 saturated heterocycles. The van der Waals surface area contributed by atoms with Gasteiger partial charge in [-0.3, -0.25) is 10.0 Å². The molecule has 0 saturated carbocycles. The third-order valence-corrected chi connectivity index (χ3v) is 3.26. The SMILES string of the molecule is C[C@H](CNC(N)=O)N(O)C(=O)c1cccc(Oc2ccccc2)c1. The number of rotatable bonds is 6. The van der Waals surface area contributed by atoms with Crippen LogP contribution in [0.2, 0.25) is 0 Å². The molecule has 126 valence electrons. The van der Waals surface area contributed by atoms with E-state index in [2.05, 4.69) is 5.32 Å². The number of amides is 3. The van der Waals surface area contributed by atoms with Gasteiger partial charge >= 0.3 is 6.03 Å². The second kappa shape index (κ2) is 7.98. The van der Waals surface area contributed by atoms with Gasteiger partial charge in [-0.05, 0) is 37.3 Å². The van der Waals surface area contributed by atoms with Crippen molar-refractivity contribution in [2.45, 2.75) is 13.0 Å². The summed E-state index contributed by atoms with van der Waals surface area (Å²) in [6.07, 6.45) is 0. The monoisotopic (exact) mass is 329 g/mol. The summed E-state index contributed by atoms with van der Waals surface area (Å²) in [5.74, 6) is 0.512. The third-order valence-electron chi connectivity index (χ3n) is 3.26. The number of urea groups is 1. The molecule has 0 unspecified atom stereocenters. The summed E-state index contributed by atoms with van der Waals surface area (Å²) in [6, 6.07) is 14.3. The van der Waals surface area contributed by atoms with Crippen LogP contribution in [-0.4, -0.2) is 34.8 Å². The molecule has 0 aliphatic carbocycles. The van der Waals surface area contributed by atoms with Gasteiger partial charge in [0.15, 0.2) is 0 Å². The molecule has 7 heteroatoms. The van der Waals surface area contributed by atoms with Crippen LogP contribution in [-0.2, 0) is 0 Å². The summed E-state index contributed by atoms with van der Waals surface area (Å²) in [5, 5.41) is 12.9. The predicted octanol–water partition coefficient (Wildman–Crippen LogP) is 2.37. The first-order chi connectivity index (χ1) is 11.5. The fourth-order valence-corrected chi connectivity index (χ4v) is 1.98. The van der Waals surface area contributed by atoms with E-state index in [4.69, 9.17) is 10.5 Å². The van der Waals surface area contributed by atoms with Crippen LogP contribution in [0.1, 0.15) is 17.3 Å². The smallest absolute Gasteiger partial charge is 0.312 e. The lowest BCUT2D eigenvalue weighted by Gasteiger charge is -2.22. The number of ether oxygens (including phenoxy) is 1. The average molecular weight is 329 g/mol. The highest BCUT2D eigenvalue weighted by molar-refractivity contribution is 5.94. The Morgan fingerprint density at radius 2 is 1.83 bits per heavy atom. The summed E-state index contributed by atoms with van der Waals surface area (Å²) in [5.41, 5.74) is 5.23. The minimum Gasteiger partial charge on any atom is -0.457 e. The highest BCUT2D eigenvalue weighted by atomic mass is 16.5. The molecule has 0 spiro atoms. The Morgan fingerprint density at radius 3 is 2.50 bits per heavy atom. The maximum Gasteiger partial charge on any atom is 0.312 e. The van der Waals surface area contributed by atoms with Crippen LogP contribution < -0.4 is 15.8 Å². The zero-order valence-corrected chi connectivity index (χ0v) is 13.2. The van der Waals surface area contributed by atoms with Crippen LogP contribution in [0.15, 0.2) is 54.6 Å². The topological polar surface area (TPSA) is 105 Å². The Bertz CT molecular complexity index is 706. The highest BCUT2D eigenvalue weighted by Gasteiger charge is 2.20. The van der Waals surface area contributed by atoms with E-state index in [1.807, 2.05) is 18.2 Å². The molecule has 3 amide bonds. The molecule has 0 heterocycles. The lowest BCUT2D eigenvalue weighted by atomic mass is 10.2. The van der Waals surface area contributed by atoms with Crippen LogP contribution in [0.25, 0.3) is 0 Å². The summed E-state index contributed by atoms with van der Waals surface area (Å²) >= 11 is 0. The minimum absolute atomic E-state index is 0.0395. The van der Waals surface area contributed by atoms with Crippen molar-refractivity contribution in [1.82, 2.24) is 10.4 Å². The summed E-state index contributed by atoms with van der Waals surface area (Å²) in [7, 11) is 0. The van der Waals surface area contributed by atoms with E-state index >= 15 is 0 Å². The van der Waals surface area contributed by atoms with Gasteiger partial charge in [0.2, 0.25) is 0 Å². The number of hydrogen-bond acceptors (Lipinski definition) is 4. The maximum absolute atomic E-state index is 12.3.